The first-order valence-electron chi connectivity index (χ1n) is 5.23. The third kappa shape index (κ3) is 4.56. The second-order valence-electron chi connectivity index (χ2n) is 3.38. The molecule has 1 aromatic rings. The lowest BCUT2D eigenvalue weighted by atomic mass is 10.2. The molecule has 0 bridgehead atoms. The Hall–Kier alpha value is -0.630. The van der Waals surface area contributed by atoms with Gasteiger partial charge in [-0.3, -0.25) is 5.11 Å². The number of hydrogen-bond donors (Lipinski definition) is 0. The second kappa shape index (κ2) is 6.77. The lowest BCUT2D eigenvalue weighted by molar-refractivity contribution is 0.354. The molecule has 1 radical (unpaired) electrons. The summed E-state index contributed by atoms with van der Waals surface area (Å²) in [6.07, 6.45) is 5.22. The molecule has 0 fully saturated rings. The molecular formula is C12H17OS. The van der Waals surface area contributed by atoms with Gasteiger partial charge in [0, 0.05) is 4.90 Å². The number of thioether (sulfide) groups is 1. The molecule has 0 aliphatic heterocycles. The molecule has 0 aromatic heterocycles. The van der Waals surface area contributed by atoms with Gasteiger partial charge >= 0.3 is 0 Å². The fraction of sp³-hybridized carbons (Fsp3) is 0.500. The van der Waals surface area contributed by atoms with Crippen molar-refractivity contribution >= 4 is 11.8 Å². The van der Waals surface area contributed by atoms with Crippen molar-refractivity contribution in [1.82, 2.24) is 0 Å². The number of hydrogen-bond acceptors (Lipinski definition) is 1. The molecule has 1 aromatic carbocycles. The van der Waals surface area contributed by atoms with E-state index in [0.29, 0.717) is 0 Å². The first-order valence-corrected chi connectivity index (χ1v) is 6.21. The highest BCUT2D eigenvalue weighted by Crippen LogP contribution is 2.22. The highest BCUT2D eigenvalue weighted by atomic mass is 32.2. The second-order valence-corrected chi connectivity index (χ2v) is 4.55. The van der Waals surface area contributed by atoms with E-state index in [0.717, 1.165) is 5.75 Å². The number of unbranched alkanes of at least 4 members (excludes halogenated alkanes) is 3. The summed E-state index contributed by atoms with van der Waals surface area (Å²) in [6, 6.07) is 7.09. The van der Waals surface area contributed by atoms with Crippen LogP contribution in [0.15, 0.2) is 29.2 Å². The fourth-order valence-corrected chi connectivity index (χ4v) is 2.17. The highest BCUT2D eigenvalue weighted by molar-refractivity contribution is 7.99. The summed E-state index contributed by atoms with van der Waals surface area (Å²) in [4.78, 5) is 1.21. The lowest BCUT2D eigenvalue weighted by Gasteiger charge is -2.00. The Labute approximate surface area is 90.5 Å². The van der Waals surface area contributed by atoms with E-state index < -0.39 is 0 Å². The van der Waals surface area contributed by atoms with E-state index in [1.54, 1.807) is 12.1 Å². The first-order chi connectivity index (χ1) is 6.83. The summed E-state index contributed by atoms with van der Waals surface area (Å²) in [5.74, 6) is 1.26. The molecule has 1 rings (SSSR count). The van der Waals surface area contributed by atoms with Crippen molar-refractivity contribution < 1.29 is 5.11 Å². The van der Waals surface area contributed by atoms with Gasteiger partial charge in [-0.05, 0) is 36.4 Å². The Bertz CT molecular complexity index is 243. The molecule has 0 heterocycles. The monoisotopic (exact) mass is 209 g/mol. The lowest BCUT2D eigenvalue weighted by Crippen LogP contribution is -1.80. The quantitative estimate of drug-likeness (QED) is 0.498. The molecule has 0 aliphatic carbocycles. The summed E-state index contributed by atoms with van der Waals surface area (Å²) in [5, 5.41) is 10.8. The molecule has 0 saturated heterocycles. The summed E-state index contributed by atoms with van der Waals surface area (Å²) in [5.41, 5.74) is 0. The summed E-state index contributed by atoms with van der Waals surface area (Å²) < 4.78 is 0. The van der Waals surface area contributed by atoms with Crippen molar-refractivity contribution in [3.8, 4) is 5.75 Å². The Morgan fingerprint density at radius 2 is 1.79 bits per heavy atom. The van der Waals surface area contributed by atoms with E-state index in [1.165, 1.54) is 30.6 Å². The van der Waals surface area contributed by atoms with Crippen LogP contribution >= 0.6 is 11.8 Å². The van der Waals surface area contributed by atoms with Crippen LogP contribution < -0.4 is 0 Å². The fourth-order valence-electron chi connectivity index (χ4n) is 1.25. The molecule has 0 spiro atoms. The summed E-state index contributed by atoms with van der Waals surface area (Å²) in [6.45, 7) is 2.22. The van der Waals surface area contributed by atoms with E-state index in [9.17, 15) is 5.11 Å². The average Bonchev–Trinajstić information content (AvgIpc) is 2.21. The third-order valence-corrected chi connectivity index (χ3v) is 3.19. The molecule has 0 atom stereocenters. The van der Waals surface area contributed by atoms with Crippen molar-refractivity contribution in [1.29, 1.82) is 0 Å². The molecule has 77 valence electrons. The van der Waals surface area contributed by atoms with E-state index >= 15 is 0 Å². The molecule has 0 N–H and O–H groups in total. The standard InChI is InChI=1S/C12H17OS/c1-2-3-4-5-10-14-12-8-6-11(13)7-9-12/h6-9H,2-5,10H2,1H3. The Balaban J connectivity index is 2.15. The Kier molecular flexibility index (Phi) is 5.53. The Morgan fingerprint density at radius 1 is 1.07 bits per heavy atom. The van der Waals surface area contributed by atoms with Gasteiger partial charge in [0.05, 0.1) is 0 Å². The maximum atomic E-state index is 10.8. The minimum atomic E-state index is 0.0975. The van der Waals surface area contributed by atoms with E-state index in [2.05, 4.69) is 6.92 Å². The van der Waals surface area contributed by atoms with Gasteiger partial charge in [-0.2, -0.15) is 0 Å². The average molecular weight is 209 g/mol. The van der Waals surface area contributed by atoms with Crippen LogP contribution in [0.5, 0.6) is 5.75 Å². The minimum absolute atomic E-state index is 0.0975. The molecular weight excluding hydrogens is 192 g/mol. The van der Waals surface area contributed by atoms with Crippen LogP contribution in [0, 0.1) is 0 Å². The van der Waals surface area contributed by atoms with Gasteiger partial charge in [0.15, 0.2) is 5.75 Å². The topological polar surface area (TPSA) is 19.9 Å². The van der Waals surface area contributed by atoms with Gasteiger partial charge in [0.25, 0.3) is 0 Å². The molecule has 14 heavy (non-hydrogen) atoms. The van der Waals surface area contributed by atoms with Crippen LogP contribution in [0.1, 0.15) is 32.6 Å². The summed E-state index contributed by atoms with van der Waals surface area (Å²) >= 11 is 1.84. The molecule has 2 heteroatoms. The number of benzene rings is 1. The van der Waals surface area contributed by atoms with Crippen LogP contribution in [-0.2, 0) is 5.11 Å². The summed E-state index contributed by atoms with van der Waals surface area (Å²) in [7, 11) is 0. The van der Waals surface area contributed by atoms with Crippen LogP contribution in [0.3, 0.4) is 0 Å². The zero-order valence-corrected chi connectivity index (χ0v) is 9.48. The van der Waals surface area contributed by atoms with Gasteiger partial charge in [-0.25, -0.2) is 0 Å². The van der Waals surface area contributed by atoms with Crippen molar-refractivity contribution in [3.63, 3.8) is 0 Å². The van der Waals surface area contributed by atoms with Gasteiger partial charge < -0.3 is 0 Å². The van der Waals surface area contributed by atoms with E-state index in [1.807, 2.05) is 23.9 Å². The van der Waals surface area contributed by atoms with Crippen LogP contribution in [0.25, 0.3) is 0 Å². The van der Waals surface area contributed by atoms with Crippen LogP contribution in [-0.4, -0.2) is 5.75 Å². The Morgan fingerprint density at radius 3 is 2.43 bits per heavy atom. The predicted molar refractivity (Wildman–Crippen MR) is 61.4 cm³/mol. The maximum absolute atomic E-state index is 10.8. The molecule has 1 nitrogen and oxygen atoms in total. The van der Waals surface area contributed by atoms with Crippen LogP contribution in [0.2, 0.25) is 0 Å². The van der Waals surface area contributed by atoms with Crippen molar-refractivity contribution in [2.24, 2.45) is 0 Å². The van der Waals surface area contributed by atoms with Gasteiger partial charge in [0.1, 0.15) is 0 Å². The minimum Gasteiger partial charge on any atom is -0.290 e. The van der Waals surface area contributed by atoms with E-state index in [4.69, 9.17) is 0 Å². The zero-order valence-electron chi connectivity index (χ0n) is 8.66. The van der Waals surface area contributed by atoms with Gasteiger partial charge in [0.2, 0.25) is 0 Å². The first kappa shape index (κ1) is 11.4. The van der Waals surface area contributed by atoms with Gasteiger partial charge in [-0.1, -0.05) is 26.2 Å². The van der Waals surface area contributed by atoms with Crippen LogP contribution in [0.4, 0.5) is 0 Å². The van der Waals surface area contributed by atoms with Crippen molar-refractivity contribution in [3.05, 3.63) is 24.3 Å². The molecule has 0 amide bonds. The highest BCUT2D eigenvalue weighted by Gasteiger charge is 1.95. The van der Waals surface area contributed by atoms with Crippen molar-refractivity contribution in [2.45, 2.75) is 37.5 Å². The third-order valence-electron chi connectivity index (χ3n) is 2.09. The van der Waals surface area contributed by atoms with Crippen molar-refractivity contribution in [2.75, 3.05) is 5.75 Å². The molecule has 0 unspecified atom stereocenters. The smallest absolute Gasteiger partial charge is 0.178 e. The maximum Gasteiger partial charge on any atom is 0.178 e. The normalized spacial score (nSPS) is 10.4. The largest absolute Gasteiger partial charge is 0.290 e. The van der Waals surface area contributed by atoms with E-state index in [-0.39, 0.29) is 5.75 Å². The SMILES string of the molecule is CCCCCCSc1ccc([O])cc1. The molecule has 0 saturated carbocycles. The molecule has 0 aliphatic rings. The predicted octanol–water partition coefficient (Wildman–Crippen LogP) is 4.50. The number of rotatable bonds is 6. The zero-order chi connectivity index (χ0) is 10.2. The van der Waals surface area contributed by atoms with Gasteiger partial charge in [-0.15, -0.1) is 11.8 Å².